The monoisotopic (exact) mass is 320 g/mol. The number of rotatable bonds is 6. The lowest BCUT2D eigenvalue weighted by Gasteiger charge is -2.21. The molecule has 0 heterocycles. The number of benzene rings is 2. The number of ether oxygens (including phenoxy) is 1. The fourth-order valence-electron chi connectivity index (χ4n) is 1.99. The average molecular weight is 321 g/mol. The minimum atomic E-state index is -0.329. The van der Waals surface area contributed by atoms with Gasteiger partial charge >= 0.3 is 5.97 Å². The van der Waals surface area contributed by atoms with Crippen LogP contribution < -0.4 is 0 Å². The predicted octanol–water partition coefficient (Wildman–Crippen LogP) is 4.69. The van der Waals surface area contributed by atoms with Crippen molar-refractivity contribution >= 4 is 29.3 Å². The van der Waals surface area contributed by atoms with Gasteiger partial charge in [0.1, 0.15) is 0 Å². The first-order valence-electron chi connectivity index (χ1n) is 6.68. The van der Waals surface area contributed by atoms with E-state index < -0.39 is 0 Å². The second-order valence-electron chi connectivity index (χ2n) is 4.56. The van der Waals surface area contributed by atoms with E-state index in [1.54, 1.807) is 11.8 Å². The second kappa shape index (κ2) is 8.11. The lowest BCUT2D eigenvalue weighted by atomic mass is 10.1. The summed E-state index contributed by atoms with van der Waals surface area (Å²) < 4.78 is 4.72. The summed E-state index contributed by atoms with van der Waals surface area (Å²) in [7, 11) is 1.38. The van der Waals surface area contributed by atoms with Gasteiger partial charge in [0.25, 0.3) is 0 Å². The van der Waals surface area contributed by atoms with Gasteiger partial charge < -0.3 is 4.74 Å². The van der Waals surface area contributed by atoms with Crippen LogP contribution >= 0.6 is 23.4 Å². The van der Waals surface area contributed by atoms with Crippen molar-refractivity contribution in [3.05, 3.63) is 66.2 Å². The number of esters is 1. The SMILES string of the molecule is COC(=O)CC(Cl)C(Sc1ccccc1)c1ccccc1. The van der Waals surface area contributed by atoms with Gasteiger partial charge in [-0.3, -0.25) is 4.79 Å². The van der Waals surface area contributed by atoms with E-state index in [-0.39, 0.29) is 23.0 Å². The molecule has 0 aliphatic heterocycles. The fourth-order valence-corrected chi connectivity index (χ4v) is 3.56. The van der Waals surface area contributed by atoms with Crippen LogP contribution in [0, 0.1) is 0 Å². The van der Waals surface area contributed by atoms with Crippen LogP contribution in [0.15, 0.2) is 65.6 Å². The molecule has 0 amide bonds. The van der Waals surface area contributed by atoms with Gasteiger partial charge in [-0.2, -0.15) is 0 Å². The van der Waals surface area contributed by atoms with Crippen LogP contribution in [0.2, 0.25) is 0 Å². The van der Waals surface area contributed by atoms with Gasteiger partial charge in [-0.05, 0) is 17.7 Å². The Bertz CT molecular complexity index is 560. The zero-order chi connectivity index (χ0) is 15.1. The van der Waals surface area contributed by atoms with Crippen molar-refractivity contribution < 1.29 is 9.53 Å². The molecule has 0 spiro atoms. The number of hydrogen-bond donors (Lipinski definition) is 0. The molecule has 2 atom stereocenters. The second-order valence-corrected chi connectivity index (χ2v) is 6.33. The van der Waals surface area contributed by atoms with E-state index in [4.69, 9.17) is 16.3 Å². The highest BCUT2D eigenvalue weighted by Gasteiger charge is 2.25. The van der Waals surface area contributed by atoms with E-state index >= 15 is 0 Å². The Morgan fingerprint density at radius 2 is 1.67 bits per heavy atom. The van der Waals surface area contributed by atoms with Gasteiger partial charge in [-0.1, -0.05) is 48.5 Å². The maximum atomic E-state index is 11.5. The number of hydrogen-bond acceptors (Lipinski definition) is 3. The van der Waals surface area contributed by atoms with Crippen LogP contribution in [0.1, 0.15) is 17.2 Å². The molecule has 2 aromatic carbocycles. The molecule has 0 saturated heterocycles. The molecule has 0 fully saturated rings. The van der Waals surface area contributed by atoms with Crippen LogP contribution in [0.5, 0.6) is 0 Å². The summed E-state index contributed by atoms with van der Waals surface area (Å²) in [4.78, 5) is 12.6. The normalized spacial score (nSPS) is 13.4. The van der Waals surface area contributed by atoms with Gasteiger partial charge in [-0.15, -0.1) is 23.4 Å². The summed E-state index contributed by atoms with van der Waals surface area (Å²) in [5, 5.41) is -0.334. The molecule has 4 heteroatoms. The van der Waals surface area contributed by atoms with Crippen molar-refractivity contribution in [2.24, 2.45) is 0 Å². The summed E-state index contributed by atoms with van der Waals surface area (Å²) in [6.07, 6.45) is 0.192. The topological polar surface area (TPSA) is 26.3 Å². The van der Waals surface area contributed by atoms with E-state index in [9.17, 15) is 4.79 Å². The zero-order valence-corrected chi connectivity index (χ0v) is 13.3. The molecule has 0 N–H and O–H groups in total. The van der Waals surface area contributed by atoms with Crippen LogP contribution in [-0.2, 0) is 9.53 Å². The van der Waals surface area contributed by atoms with Gasteiger partial charge in [0, 0.05) is 4.90 Å². The highest BCUT2D eigenvalue weighted by Crippen LogP contribution is 2.41. The number of halogens is 1. The molecule has 2 aromatic rings. The molecule has 0 aliphatic rings. The average Bonchev–Trinajstić information content (AvgIpc) is 2.54. The molecule has 2 unspecified atom stereocenters. The van der Waals surface area contributed by atoms with Crippen LogP contribution in [-0.4, -0.2) is 18.5 Å². The van der Waals surface area contributed by atoms with E-state index in [2.05, 4.69) is 0 Å². The van der Waals surface area contributed by atoms with Crippen LogP contribution in [0.4, 0.5) is 0 Å². The number of carbonyl (C=O) groups is 1. The molecule has 0 aromatic heterocycles. The molecule has 21 heavy (non-hydrogen) atoms. The smallest absolute Gasteiger partial charge is 0.307 e. The van der Waals surface area contributed by atoms with Crippen molar-refractivity contribution in [1.82, 2.24) is 0 Å². The quantitative estimate of drug-likeness (QED) is 0.439. The highest BCUT2D eigenvalue weighted by molar-refractivity contribution is 7.99. The number of thioether (sulfide) groups is 1. The first kappa shape index (κ1) is 15.9. The molecule has 2 rings (SSSR count). The van der Waals surface area contributed by atoms with E-state index in [0.717, 1.165) is 10.5 Å². The summed E-state index contributed by atoms with van der Waals surface area (Å²) in [6.45, 7) is 0. The van der Waals surface area contributed by atoms with E-state index in [1.165, 1.54) is 7.11 Å². The third-order valence-electron chi connectivity index (χ3n) is 3.05. The summed E-state index contributed by atoms with van der Waals surface area (Å²) in [5.41, 5.74) is 1.11. The Balaban J connectivity index is 2.20. The minimum Gasteiger partial charge on any atom is -0.469 e. The van der Waals surface area contributed by atoms with Gasteiger partial charge in [0.15, 0.2) is 0 Å². The van der Waals surface area contributed by atoms with E-state index in [1.807, 2.05) is 60.7 Å². The Hall–Kier alpha value is -1.45. The number of alkyl halides is 1. The van der Waals surface area contributed by atoms with Crippen LogP contribution in [0.25, 0.3) is 0 Å². The van der Waals surface area contributed by atoms with Gasteiger partial charge in [0.05, 0.1) is 24.2 Å². The Labute approximate surface area is 134 Å². The third kappa shape index (κ3) is 4.80. The third-order valence-corrected chi connectivity index (χ3v) is 5.01. The van der Waals surface area contributed by atoms with Crippen molar-refractivity contribution in [2.45, 2.75) is 21.9 Å². The Morgan fingerprint density at radius 3 is 2.24 bits per heavy atom. The lowest BCUT2D eigenvalue weighted by Crippen LogP contribution is -2.16. The van der Waals surface area contributed by atoms with E-state index in [0.29, 0.717) is 0 Å². The number of carbonyl (C=O) groups excluding carboxylic acids is 1. The minimum absolute atomic E-state index is 0.00522. The first-order valence-corrected chi connectivity index (χ1v) is 8.00. The van der Waals surface area contributed by atoms with Gasteiger partial charge in [0.2, 0.25) is 0 Å². The highest BCUT2D eigenvalue weighted by atomic mass is 35.5. The predicted molar refractivity (Wildman–Crippen MR) is 87.8 cm³/mol. The Kier molecular flexibility index (Phi) is 6.15. The molecule has 110 valence electrons. The van der Waals surface area contributed by atoms with Crippen molar-refractivity contribution in [3.8, 4) is 0 Å². The maximum absolute atomic E-state index is 11.5. The fraction of sp³-hybridized carbons (Fsp3) is 0.235. The molecule has 2 nitrogen and oxygen atoms in total. The molecular weight excluding hydrogens is 304 g/mol. The summed E-state index contributed by atoms with van der Waals surface area (Å²) in [5.74, 6) is -0.287. The molecule has 0 radical (unpaired) electrons. The number of methoxy groups -OCH3 is 1. The van der Waals surface area contributed by atoms with Crippen LogP contribution in [0.3, 0.4) is 0 Å². The summed E-state index contributed by atoms with van der Waals surface area (Å²) >= 11 is 8.15. The molecule has 0 saturated carbocycles. The maximum Gasteiger partial charge on any atom is 0.307 e. The molecule has 0 bridgehead atoms. The van der Waals surface area contributed by atoms with Crippen molar-refractivity contribution in [1.29, 1.82) is 0 Å². The van der Waals surface area contributed by atoms with Gasteiger partial charge in [-0.25, -0.2) is 0 Å². The summed E-state index contributed by atoms with van der Waals surface area (Å²) in [6, 6.07) is 20.1. The van der Waals surface area contributed by atoms with Crippen molar-refractivity contribution in [2.75, 3.05) is 7.11 Å². The van der Waals surface area contributed by atoms with Crippen molar-refractivity contribution in [3.63, 3.8) is 0 Å². The molecular formula is C17H17ClO2S. The standard InChI is InChI=1S/C17H17ClO2S/c1-20-16(19)12-15(18)17(13-8-4-2-5-9-13)21-14-10-6-3-7-11-14/h2-11,15,17H,12H2,1H3. The largest absolute Gasteiger partial charge is 0.469 e. The first-order chi connectivity index (χ1) is 10.2. The Morgan fingerprint density at radius 1 is 1.10 bits per heavy atom. The lowest BCUT2D eigenvalue weighted by molar-refractivity contribution is -0.140. The molecule has 0 aliphatic carbocycles. The zero-order valence-electron chi connectivity index (χ0n) is 11.7.